The van der Waals surface area contributed by atoms with Crippen molar-refractivity contribution in [3.63, 3.8) is 0 Å². The molecule has 6 nitrogen and oxygen atoms in total. The van der Waals surface area contributed by atoms with Crippen molar-refractivity contribution in [2.45, 2.75) is 32.7 Å². The number of carbonyl (C=O) groups excluding carboxylic acids is 1. The molecule has 3 heterocycles. The predicted octanol–water partition coefficient (Wildman–Crippen LogP) is 3.11. The normalized spacial score (nSPS) is 17.3. The largest absolute Gasteiger partial charge is 0.337 e. The highest BCUT2D eigenvalue weighted by atomic mass is 16.2. The molecule has 1 atom stereocenters. The molecule has 1 aromatic carbocycles. The van der Waals surface area contributed by atoms with Crippen LogP contribution in [0.15, 0.2) is 42.7 Å². The zero-order valence-corrected chi connectivity index (χ0v) is 15.2. The molecule has 2 aromatic heterocycles. The molecule has 1 fully saturated rings. The molecule has 1 unspecified atom stereocenters. The van der Waals surface area contributed by atoms with Gasteiger partial charge in [-0.1, -0.05) is 24.3 Å². The number of hydrogen-bond acceptors (Lipinski definition) is 4. The Kier molecular flexibility index (Phi) is 4.41. The first-order valence-electron chi connectivity index (χ1n) is 9.15. The molecule has 1 saturated heterocycles. The second-order valence-corrected chi connectivity index (χ2v) is 7.25. The number of rotatable bonds is 4. The van der Waals surface area contributed by atoms with E-state index < -0.39 is 0 Å². The number of para-hydroxylation sites is 1. The average molecular weight is 349 g/mol. The Morgan fingerprint density at radius 1 is 1.23 bits per heavy atom. The minimum Gasteiger partial charge on any atom is -0.337 e. The Hall–Kier alpha value is -2.76. The first-order valence-corrected chi connectivity index (χ1v) is 9.15. The van der Waals surface area contributed by atoms with E-state index in [4.69, 9.17) is 0 Å². The average Bonchev–Trinajstić information content (AvgIpc) is 3.30. The summed E-state index contributed by atoms with van der Waals surface area (Å²) in [6.07, 6.45) is 3.63. The molecule has 0 saturated carbocycles. The number of hydrogen-bond donors (Lipinski definition) is 0. The highest BCUT2D eigenvalue weighted by Gasteiger charge is 2.29. The third-order valence-corrected chi connectivity index (χ3v) is 5.07. The summed E-state index contributed by atoms with van der Waals surface area (Å²) in [5, 5.41) is 9.35. The van der Waals surface area contributed by atoms with E-state index in [-0.39, 0.29) is 5.91 Å². The molecule has 0 spiro atoms. The third kappa shape index (κ3) is 3.19. The lowest BCUT2D eigenvalue weighted by Crippen LogP contribution is -2.29. The summed E-state index contributed by atoms with van der Waals surface area (Å²) in [6, 6.07) is 12.0. The van der Waals surface area contributed by atoms with Gasteiger partial charge in [-0.15, -0.1) is 10.2 Å². The Balaban J connectivity index is 1.45. The highest BCUT2D eigenvalue weighted by molar-refractivity contribution is 5.95. The number of amides is 1. The predicted molar refractivity (Wildman–Crippen MR) is 99.9 cm³/mol. The summed E-state index contributed by atoms with van der Waals surface area (Å²) in [5.41, 5.74) is 1.38. The van der Waals surface area contributed by atoms with Crippen molar-refractivity contribution >= 4 is 16.8 Å². The molecule has 134 valence electrons. The van der Waals surface area contributed by atoms with E-state index in [1.165, 1.54) is 0 Å². The van der Waals surface area contributed by atoms with Gasteiger partial charge in [0.2, 0.25) is 0 Å². The van der Waals surface area contributed by atoms with Crippen LogP contribution < -0.4 is 0 Å². The van der Waals surface area contributed by atoms with E-state index >= 15 is 0 Å². The van der Waals surface area contributed by atoms with Gasteiger partial charge in [0.05, 0.1) is 5.52 Å². The fourth-order valence-electron chi connectivity index (χ4n) is 3.63. The van der Waals surface area contributed by atoms with Crippen molar-refractivity contribution in [1.82, 2.24) is 24.6 Å². The summed E-state index contributed by atoms with van der Waals surface area (Å²) in [6.45, 7) is 5.78. The number of fused-ring (bicyclic) bond motifs is 1. The van der Waals surface area contributed by atoms with E-state index in [1.54, 1.807) is 6.33 Å². The maximum Gasteiger partial charge on any atom is 0.272 e. The van der Waals surface area contributed by atoms with E-state index in [9.17, 15) is 4.79 Å². The molecule has 26 heavy (non-hydrogen) atoms. The van der Waals surface area contributed by atoms with Gasteiger partial charge in [-0.2, -0.15) is 0 Å². The van der Waals surface area contributed by atoms with Gasteiger partial charge in [0.1, 0.15) is 17.8 Å². The molecule has 3 aromatic rings. The van der Waals surface area contributed by atoms with Crippen LogP contribution in [-0.2, 0) is 6.42 Å². The van der Waals surface area contributed by atoms with Gasteiger partial charge in [-0.25, -0.2) is 4.98 Å². The van der Waals surface area contributed by atoms with Gasteiger partial charge in [0.15, 0.2) is 0 Å². The molecular weight excluding hydrogens is 326 g/mol. The molecule has 1 amide bonds. The lowest BCUT2D eigenvalue weighted by atomic mass is 10.0. The number of likely N-dealkylation sites (tertiary alicyclic amines) is 1. The summed E-state index contributed by atoms with van der Waals surface area (Å²) in [5.74, 6) is 1.44. The second kappa shape index (κ2) is 6.86. The number of benzene rings is 1. The van der Waals surface area contributed by atoms with Crippen molar-refractivity contribution in [3.8, 4) is 0 Å². The number of carbonyl (C=O) groups is 1. The number of aromatic nitrogens is 4. The third-order valence-electron chi connectivity index (χ3n) is 5.07. The van der Waals surface area contributed by atoms with Crippen molar-refractivity contribution in [2.75, 3.05) is 13.1 Å². The Morgan fingerprint density at radius 2 is 2.08 bits per heavy atom. The lowest BCUT2D eigenvalue weighted by molar-refractivity contribution is 0.0781. The monoisotopic (exact) mass is 349 g/mol. The van der Waals surface area contributed by atoms with Crippen LogP contribution in [0.5, 0.6) is 0 Å². The first kappa shape index (κ1) is 16.7. The van der Waals surface area contributed by atoms with Gasteiger partial charge in [-0.3, -0.25) is 4.79 Å². The molecule has 1 aliphatic rings. The van der Waals surface area contributed by atoms with Crippen LogP contribution in [0.2, 0.25) is 0 Å². The second-order valence-electron chi connectivity index (χ2n) is 7.25. The van der Waals surface area contributed by atoms with Crippen molar-refractivity contribution in [1.29, 1.82) is 0 Å². The van der Waals surface area contributed by atoms with E-state index in [0.717, 1.165) is 42.7 Å². The smallest absolute Gasteiger partial charge is 0.272 e. The van der Waals surface area contributed by atoms with E-state index in [2.05, 4.69) is 33.6 Å². The Morgan fingerprint density at radius 3 is 2.92 bits per heavy atom. The van der Waals surface area contributed by atoms with Gasteiger partial charge in [-0.05, 0) is 38.3 Å². The van der Waals surface area contributed by atoms with Crippen LogP contribution in [0, 0.1) is 5.92 Å². The standard InChI is InChI=1S/C20H23N5O/c1-14(2)25-13-21-23-19(25)11-15-9-10-24(12-15)20(26)18-8-7-16-5-3-4-6-17(16)22-18/h3-8,13-15H,9-12H2,1-2H3. The van der Waals surface area contributed by atoms with Gasteiger partial charge in [0, 0.05) is 30.9 Å². The zero-order chi connectivity index (χ0) is 18.1. The Labute approximate surface area is 152 Å². The molecular formula is C20H23N5O. The van der Waals surface area contributed by atoms with Crippen molar-refractivity contribution < 1.29 is 4.79 Å². The van der Waals surface area contributed by atoms with Crippen LogP contribution in [0.1, 0.15) is 42.6 Å². The van der Waals surface area contributed by atoms with Crippen LogP contribution in [0.4, 0.5) is 0 Å². The summed E-state index contributed by atoms with van der Waals surface area (Å²) >= 11 is 0. The maximum absolute atomic E-state index is 12.8. The fraction of sp³-hybridized carbons (Fsp3) is 0.400. The van der Waals surface area contributed by atoms with E-state index in [1.807, 2.05) is 41.3 Å². The number of nitrogens with zero attached hydrogens (tertiary/aromatic N) is 5. The maximum atomic E-state index is 12.8. The van der Waals surface area contributed by atoms with Crippen LogP contribution >= 0.6 is 0 Å². The van der Waals surface area contributed by atoms with Crippen LogP contribution in [0.3, 0.4) is 0 Å². The first-order chi connectivity index (χ1) is 12.6. The minimum absolute atomic E-state index is 0.0172. The minimum atomic E-state index is 0.0172. The van der Waals surface area contributed by atoms with Crippen LogP contribution in [-0.4, -0.2) is 43.6 Å². The van der Waals surface area contributed by atoms with Gasteiger partial charge >= 0.3 is 0 Å². The fourth-order valence-corrected chi connectivity index (χ4v) is 3.63. The van der Waals surface area contributed by atoms with Gasteiger partial charge < -0.3 is 9.47 Å². The highest BCUT2D eigenvalue weighted by Crippen LogP contribution is 2.23. The van der Waals surface area contributed by atoms with Gasteiger partial charge in [0.25, 0.3) is 5.91 Å². The Bertz CT molecular complexity index is 933. The molecule has 0 bridgehead atoms. The molecule has 0 N–H and O–H groups in total. The summed E-state index contributed by atoms with van der Waals surface area (Å²) in [7, 11) is 0. The zero-order valence-electron chi connectivity index (χ0n) is 15.2. The molecule has 0 aliphatic carbocycles. The molecule has 1 aliphatic heterocycles. The lowest BCUT2D eigenvalue weighted by Gasteiger charge is -2.17. The topological polar surface area (TPSA) is 63.9 Å². The SMILES string of the molecule is CC(C)n1cnnc1CC1CCN(C(=O)c2ccc3ccccc3n2)C1. The van der Waals surface area contributed by atoms with Crippen LogP contribution in [0.25, 0.3) is 10.9 Å². The molecule has 4 rings (SSSR count). The summed E-state index contributed by atoms with van der Waals surface area (Å²) in [4.78, 5) is 19.3. The molecule has 6 heteroatoms. The summed E-state index contributed by atoms with van der Waals surface area (Å²) < 4.78 is 2.11. The quantitative estimate of drug-likeness (QED) is 0.726. The number of pyridine rings is 1. The van der Waals surface area contributed by atoms with E-state index in [0.29, 0.717) is 17.7 Å². The van der Waals surface area contributed by atoms with Crippen molar-refractivity contribution in [3.05, 3.63) is 54.2 Å². The molecule has 0 radical (unpaired) electrons. The van der Waals surface area contributed by atoms with Crippen molar-refractivity contribution in [2.24, 2.45) is 5.92 Å².